The lowest BCUT2D eigenvalue weighted by atomic mass is 10.1. The lowest BCUT2D eigenvalue weighted by Crippen LogP contribution is -2.52. The molecule has 2 rings (SSSR count). The standard InChI is InChI=1S/C13H18F2N2O/c1-9(2)10-3-4-12(17-7-10)18-11-5-6-16-8-13(11,14)15/h3-4,7,9,11,16H,5-6,8H2,1-2H3. The Bertz CT molecular complexity index is 392. The Morgan fingerprint density at radius 1 is 1.44 bits per heavy atom. The van der Waals surface area contributed by atoms with Gasteiger partial charge in [-0.05, 0) is 18.0 Å². The van der Waals surface area contributed by atoms with E-state index in [0.29, 0.717) is 18.9 Å². The van der Waals surface area contributed by atoms with Crippen molar-refractivity contribution in [3.63, 3.8) is 0 Å². The SMILES string of the molecule is CC(C)c1ccc(OC2CCNCC2(F)F)nc1. The van der Waals surface area contributed by atoms with E-state index in [0.717, 1.165) is 5.56 Å². The molecule has 1 aliphatic rings. The number of ether oxygens (including phenoxy) is 1. The van der Waals surface area contributed by atoms with E-state index in [4.69, 9.17) is 4.74 Å². The van der Waals surface area contributed by atoms with Crippen LogP contribution in [0.2, 0.25) is 0 Å². The Morgan fingerprint density at radius 2 is 2.22 bits per heavy atom. The Hall–Kier alpha value is -1.23. The normalized spacial score (nSPS) is 23.1. The van der Waals surface area contributed by atoms with Gasteiger partial charge in [-0.3, -0.25) is 0 Å². The van der Waals surface area contributed by atoms with Crippen molar-refractivity contribution >= 4 is 0 Å². The molecular formula is C13H18F2N2O. The van der Waals surface area contributed by atoms with Crippen molar-refractivity contribution in [1.82, 2.24) is 10.3 Å². The zero-order valence-corrected chi connectivity index (χ0v) is 10.6. The number of piperidine rings is 1. The van der Waals surface area contributed by atoms with E-state index in [1.54, 1.807) is 12.3 Å². The summed E-state index contributed by atoms with van der Waals surface area (Å²) < 4.78 is 32.4. The van der Waals surface area contributed by atoms with Crippen LogP contribution in [0.15, 0.2) is 18.3 Å². The van der Waals surface area contributed by atoms with Crippen molar-refractivity contribution in [2.45, 2.75) is 38.2 Å². The first kappa shape index (κ1) is 13.2. The molecule has 1 unspecified atom stereocenters. The highest BCUT2D eigenvalue weighted by molar-refractivity contribution is 5.20. The number of alkyl halides is 2. The van der Waals surface area contributed by atoms with Crippen LogP contribution in [0.25, 0.3) is 0 Å². The van der Waals surface area contributed by atoms with E-state index in [1.165, 1.54) is 0 Å². The maximum Gasteiger partial charge on any atom is 0.296 e. The summed E-state index contributed by atoms with van der Waals surface area (Å²) in [4.78, 5) is 4.08. The van der Waals surface area contributed by atoms with Crippen LogP contribution in [-0.4, -0.2) is 30.1 Å². The molecule has 0 radical (unpaired) electrons. The van der Waals surface area contributed by atoms with Crippen molar-refractivity contribution in [2.24, 2.45) is 0 Å². The molecule has 1 aromatic rings. The molecule has 1 saturated heterocycles. The maximum absolute atomic E-state index is 13.5. The molecule has 1 aromatic heterocycles. The summed E-state index contributed by atoms with van der Waals surface area (Å²) >= 11 is 0. The fraction of sp³-hybridized carbons (Fsp3) is 0.615. The molecule has 1 aliphatic heterocycles. The molecule has 3 nitrogen and oxygen atoms in total. The van der Waals surface area contributed by atoms with Crippen molar-refractivity contribution in [3.8, 4) is 5.88 Å². The summed E-state index contributed by atoms with van der Waals surface area (Å²) in [5.74, 6) is -2.20. The van der Waals surface area contributed by atoms with Crippen LogP contribution in [0.4, 0.5) is 8.78 Å². The summed E-state index contributed by atoms with van der Waals surface area (Å²) in [6, 6.07) is 3.53. The molecule has 2 heterocycles. The average molecular weight is 256 g/mol. The second-order valence-corrected chi connectivity index (χ2v) is 4.92. The molecule has 0 aliphatic carbocycles. The van der Waals surface area contributed by atoms with Gasteiger partial charge in [0, 0.05) is 18.7 Å². The fourth-order valence-electron chi connectivity index (χ4n) is 1.91. The van der Waals surface area contributed by atoms with Gasteiger partial charge in [0.2, 0.25) is 5.88 Å². The molecule has 18 heavy (non-hydrogen) atoms. The van der Waals surface area contributed by atoms with Crippen LogP contribution >= 0.6 is 0 Å². The molecule has 0 aromatic carbocycles. The van der Waals surface area contributed by atoms with Gasteiger partial charge in [-0.2, -0.15) is 0 Å². The highest BCUT2D eigenvalue weighted by Crippen LogP contribution is 2.27. The first-order valence-corrected chi connectivity index (χ1v) is 6.20. The molecular weight excluding hydrogens is 238 g/mol. The van der Waals surface area contributed by atoms with Crippen LogP contribution in [0.5, 0.6) is 5.88 Å². The Kier molecular flexibility index (Phi) is 3.80. The zero-order chi connectivity index (χ0) is 13.2. The van der Waals surface area contributed by atoms with Crippen LogP contribution in [0, 0.1) is 0 Å². The number of hydrogen-bond donors (Lipinski definition) is 1. The number of nitrogens with zero attached hydrogens (tertiary/aromatic N) is 1. The minimum Gasteiger partial charge on any atom is -0.468 e. The third-order valence-corrected chi connectivity index (χ3v) is 3.10. The summed E-state index contributed by atoms with van der Waals surface area (Å²) in [5.41, 5.74) is 1.07. The van der Waals surface area contributed by atoms with Crippen LogP contribution in [0.1, 0.15) is 31.7 Å². The van der Waals surface area contributed by atoms with E-state index in [1.807, 2.05) is 6.07 Å². The number of rotatable bonds is 3. The minimum atomic E-state index is -2.84. The Balaban J connectivity index is 2.04. The highest BCUT2D eigenvalue weighted by Gasteiger charge is 2.43. The summed E-state index contributed by atoms with van der Waals surface area (Å²) in [7, 11) is 0. The average Bonchev–Trinajstić information content (AvgIpc) is 2.32. The minimum absolute atomic E-state index is 0.269. The van der Waals surface area contributed by atoms with Gasteiger partial charge in [0.15, 0.2) is 6.10 Å². The largest absolute Gasteiger partial charge is 0.468 e. The molecule has 0 amide bonds. The van der Waals surface area contributed by atoms with E-state index in [2.05, 4.69) is 24.1 Å². The highest BCUT2D eigenvalue weighted by atomic mass is 19.3. The van der Waals surface area contributed by atoms with Gasteiger partial charge in [-0.1, -0.05) is 19.9 Å². The second-order valence-electron chi connectivity index (χ2n) is 4.92. The van der Waals surface area contributed by atoms with Crippen molar-refractivity contribution in [3.05, 3.63) is 23.9 Å². The lowest BCUT2D eigenvalue weighted by molar-refractivity contribution is -0.110. The molecule has 100 valence electrons. The summed E-state index contributed by atoms with van der Waals surface area (Å²) in [5, 5.41) is 2.66. The predicted molar refractivity (Wildman–Crippen MR) is 65.2 cm³/mol. The Labute approximate surface area is 106 Å². The third-order valence-electron chi connectivity index (χ3n) is 3.10. The van der Waals surface area contributed by atoms with Crippen LogP contribution < -0.4 is 10.1 Å². The molecule has 1 fully saturated rings. The van der Waals surface area contributed by atoms with E-state index < -0.39 is 12.0 Å². The number of nitrogens with one attached hydrogen (secondary N) is 1. The zero-order valence-electron chi connectivity index (χ0n) is 10.6. The quantitative estimate of drug-likeness (QED) is 0.902. The molecule has 0 spiro atoms. The summed E-state index contributed by atoms with van der Waals surface area (Å²) in [6.07, 6.45) is 0.885. The Morgan fingerprint density at radius 3 is 2.78 bits per heavy atom. The number of aromatic nitrogens is 1. The van der Waals surface area contributed by atoms with Crippen molar-refractivity contribution in [2.75, 3.05) is 13.1 Å². The van der Waals surface area contributed by atoms with Crippen LogP contribution in [-0.2, 0) is 0 Å². The second kappa shape index (κ2) is 5.18. The molecule has 5 heteroatoms. The predicted octanol–water partition coefficient (Wildman–Crippen LogP) is 2.58. The van der Waals surface area contributed by atoms with Gasteiger partial charge >= 0.3 is 0 Å². The first-order chi connectivity index (χ1) is 8.49. The number of pyridine rings is 1. The van der Waals surface area contributed by atoms with Gasteiger partial charge in [0.05, 0.1) is 6.54 Å². The smallest absolute Gasteiger partial charge is 0.296 e. The van der Waals surface area contributed by atoms with E-state index in [-0.39, 0.29) is 12.4 Å². The maximum atomic E-state index is 13.5. The summed E-state index contributed by atoms with van der Waals surface area (Å²) in [6.45, 7) is 4.32. The fourth-order valence-corrected chi connectivity index (χ4v) is 1.91. The first-order valence-electron chi connectivity index (χ1n) is 6.20. The topological polar surface area (TPSA) is 34.1 Å². The monoisotopic (exact) mass is 256 g/mol. The molecule has 0 saturated carbocycles. The van der Waals surface area contributed by atoms with Gasteiger partial charge in [-0.25, -0.2) is 13.8 Å². The van der Waals surface area contributed by atoms with Gasteiger partial charge in [0.1, 0.15) is 0 Å². The van der Waals surface area contributed by atoms with Crippen LogP contribution in [0.3, 0.4) is 0 Å². The third kappa shape index (κ3) is 2.96. The van der Waals surface area contributed by atoms with Crippen molar-refractivity contribution in [1.29, 1.82) is 0 Å². The van der Waals surface area contributed by atoms with Gasteiger partial charge < -0.3 is 10.1 Å². The van der Waals surface area contributed by atoms with E-state index >= 15 is 0 Å². The molecule has 0 bridgehead atoms. The lowest BCUT2D eigenvalue weighted by Gasteiger charge is -2.31. The van der Waals surface area contributed by atoms with Crippen molar-refractivity contribution < 1.29 is 13.5 Å². The van der Waals surface area contributed by atoms with E-state index in [9.17, 15) is 8.78 Å². The molecule has 1 N–H and O–H groups in total. The number of hydrogen-bond acceptors (Lipinski definition) is 3. The molecule has 1 atom stereocenters. The number of halogens is 2. The van der Waals surface area contributed by atoms with Gasteiger partial charge in [0.25, 0.3) is 5.92 Å². The van der Waals surface area contributed by atoms with Gasteiger partial charge in [-0.15, -0.1) is 0 Å².